The molecule has 1 aromatic heterocycles. The molecule has 1 amide bonds. The summed E-state index contributed by atoms with van der Waals surface area (Å²) in [6.07, 6.45) is 3.94. The normalized spacial score (nSPS) is 15.2. The maximum atomic E-state index is 12.5. The lowest BCUT2D eigenvalue weighted by Gasteiger charge is -2.30. The summed E-state index contributed by atoms with van der Waals surface area (Å²) in [5.41, 5.74) is 0.861. The van der Waals surface area contributed by atoms with E-state index < -0.39 is 0 Å². The number of thioether (sulfide) groups is 1. The van der Waals surface area contributed by atoms with Crippen LogP contribution in [0.15, 0.2) is 42.1 Å². The predicted molar refractivity (Wildman–Crippen MR) is 103 cm³/mol. The van der Waals surface area contributed by atoms with Gasteiger partial charge in [-0.15, -0.1) is 16.8 Å². The van der Waals surface area contributed by atoms with Gasteiger partial charge in [0.25, 0.3) is 0 Å². The van der Waals surface area contributed by atoms with Crippen molar-refractivity contribution in [3.8, 4) is 17.1 Å². The van der Waals surface area contributed by atoms with Crippen LogP contribution < -0.4 is 0 Å². The van der Waals surface area contributed by atoms with Gasteiger partial charge in [-0.05, 0) is 43.0 Å². The van der Waals surface area contributed by atoms with E-state index in [0.717, 1.165) is 31.5 Å². The van der Waals surface area contributed by atoms with Crippen molar-refractivity contribution in [1.82, 2.24) is 19.7 Å². The largest absolute Gasteiger partial charge is 0.508 e. The fourth-order valence-electron chi connectivity index (χ4n) is 2.99. The Labute approximate surface area is 157 Å². The van der Waals surface area contributed by atoms with Gasteiger partial charge < -0.3 is 10.0 Å². The van der Waals surface area contributed by atoms with Crippen LogP contribution in [0.3, 0.4) is 0 Å². The number of carbonyl (C=O) groups excluding carboxylic acids is 1. The number of phenols is 1. The summed E-state index contributed by atoms with van der Waals surface area (Å²) in [6, 6.07) is 6.84. The molecule has 0 bridgehead atoms. The molecule has 2 heterocycles. The minimum Gasteiger partial charge on any atom is -0.508 e. The van der Waals surface area contributed by atoms with Crippen molar-refractivity contribution in [2.24, 2.45) is 5.92 Å². The number of allylic oxidation sites excluding steroid dienone is 1. The van der Waals surface area contributed by atoms with Gasteiger partial charge in [0.1, 0.15) is 5.75 Å². The zero-order valence-corrected chi connectivity index (χ0v) is 15.8. The molecule has 7 heteroatoms. The maximum absolute atomic E-state index is 12.5. The first-order chi connectivity index (χ1) is 12.6. The Balaban J connectivity index is 1.70. The van der Waals surface area contributed by atoms with Crippen molar-refractivity contribution in [2.75, 3.05) is 18.8 Å². The van der Waals surface area contributed by atoms with Crippen molar-refractivity contribution < 1.29 is 9.90 Å². The van der Waals surface area contributed by atoms with E-state index in [2.05, 4.69) is 23.7 Å². The third-order valence-electron chi connectivity index (χ3n) is 4.62. The van der Waals surface area contributed by atoms with Crippen molar-refractivity contribution in [2.45, 2.75) is 31.5 Å². The zero-order valence-electron chi connectivity index (χ0n) is 15.0. The first-order valence-corrected chi connectivity index (χ1v) is 9.81. The highest BCUT2D eigenvalue weighted by atomic mass is 32.2. The number of aromatic nitrogens is 3. The molecule has 2 aromatic rings. The molecule has 0 unspecified atom stereocenters. The van der Waals surface area contributed by atoms with E-state index in [1.807, 2.05) is 9.47 Å². The van der Waals surface area contributed by atoms with Crippen LogP contribution in [0.2, 0.25) is 0 Å². The van der Waals surface area contributed by atoms with Gasteiger partial charge in [0.15, 0.2) is 11.0 Å². The van der Waals surface area contributed by atoms with Crippen LogP contribution in [0.5, 0.6) is 5.75 Å². The van der Waals surface area contributed by atoms with E-state index in [1.54, 1.807) is 30.3 Å². The number of piperidine rings is 1. The zero-order chi connectivity index (χ0) is 18.5. The maximum Gasteiger partial charge on any atom is 0.233 e. The van der Waals surface area contributed by atoms with E-state index in [0.29, 0.717) is 29.2 Å². The molecule has 0 atom stereocenters. The Morgan fingerprint density at radius 2 is 2.00 bits per heavy atom. The predicted octanol–water partition coefficient (Wildman–Crippen LogP) is 3.19. The number of hydrogen-bond acceptors (Lipinski definition) is 5. The summed E-state index contributed by atoms with van der Waals surface area (Å²) in [4.78, 5) is 14.4. The smallest absolute Gasteiger partial charge is 0.233 e. The quantitative estimate of drug-likeness (QED) is 0.623. The topological polar surface area (TPSA) is 71.2 Å². The number of hydrogen-bond donors (Lipinski definition) is 1. The lowest BCUT2D eigenvalue weighted by molar-refractivity contribution is -0.129. The minimum absolute atomic E-state index is 0.154. The van der Waals surface area contributed by atoms with Gasteiger partial charge in [-0.1, -0.05) is 24.8 Å². The number of likely N-dealkylation sites (tertiary alicyclic amines) is 1. The van der Waals surface area contributed by atoms with E-state index in [9.17, 15) is 9.90 Å². The Bertz CT molecular complexity index is 764. The first kappa shape index (κ1) is 18.5. The number of aromatic hydroxyl groups is 1. The Morgan fingerprint density at radius 3 is 2.65 bits per heavy atom. The molecule has 1 aliphatic heterocycles. The van der Waals surface area contributed by atoms with Gasteiger partial charge in [-0.2, -0.15) is 0 Å². The molecule has 1 fully saturated rings. The number of rotatable bonds is 6. The van der Waals surface area contributed by atoms with Gasteiger partial charge in [-0.25, -0.2) is 0 Å². The highest BCUT2D eigenvalue weighted by molar-refractivity contribution is 7.99. The van der Waals surface area contributed by atoms with Crippen LogP contribution in [0.1, 0.15) is 19.8 Å². The third kappa shape index (κ3) is 4.27. The second kappa shape index (κ2) is 8.40. The molecule has 0 radical (unpaired) electrons. The molecule has 0 saturated carbocycles. The average molecular weight is 372 g/mol. The Kier molecular flexibility index (Phi) is 5.98. The number of carbonyl (C=O) groups is 1. The highest BCUT2D eigenvalue weighted by Crippen LogP contribution is 2.26. The van der Waals surface area contributed by atoms with Gasteiger partial charge >= 0.3 is 0 Å². The third-order valence-corrected chi connectivity index (χ3v) is 5.57. The van der Waals surface area contributed by atoms with Crippen LogP contribution in [0, 0.1) is 5.92 Å². The molecule has 0 aliphatic carbocycles. The second-order valence-electron chi connectivity index (χ2n) is 6.60. The fraction of sp³-hybridized carbons (Fsp3) is 0.421. The Morgan fingerprint density at radius 1 is 1.31 bits per heavy atom. The molecule has 0 spiro atoms. The van der Waals surface area contributed by atoms with Crippen LogP contribution in [-0.4, -0.2) is 49.5 Å². The molecule has 138 valence electrons. The van der Waals surface area contributed by atoms with Crippen LogP contribution in [0.25, 0.3) is 11.4 Å². The summed E-state index contributed by atoms with van der Waals surface area (Å²) in [5.74, 6) is 2.13. The Hall–Kier alpha value is -2.28. The monoisotopic (exact) mass is 372 g/mol. The van der Waals surface area contributed by atoms with E-state index in [1.165, 1.54) is 11.8 Å². The van der Waals surface area contributed by atoms with Gasteiger partial charge in [-0.3, -0.25) is 9.36 Å². The van der Waals surface area contributed by atoms with E-state index in [4.69, 9.17) is 0 Å². The number of benzene rings is 1. The molecule has 3 rings (SSSR count). The van der Waals surface area contributed by atoms with Crippen molar-refractivity contribution in [1.29, 1.82) is 0 Å². The molecule has 1 N–H and O–H groups in total. The molecule has 1 saturated heterocycles. The van der Waals surface area contributed by atoms with Gasteiger partial charge in [0, 0.05) is 25.2 Å². The summed E-state index contributed by atoms with van der Waals surface area (Å²) >= 11 is 1.41. The minimum atomic E-state index is 0.154. The van der Waals surface area contributed by atoms with Crippen molar-refractivity contribution in [3.05, 3.63) is 36.9 Å². The van der Waals surface area contributed by atoms with Crippen LogP contribution in [-0.2, 0) is 11.3 Å². The summed E-state index contributed by atoms with van der Waals surface area (Å²) in [5, 5.41) is 18.7. The standard InChI is InChI=1S/C19H24N4O2S/c1-3-10-23-18(15-4-6-16(24)7-5-15)20-21-19(23)26-13-17(25)22-11-8-14(2)9-12-22/h3-7,14,24H,1,8-13H2,2H3. The van der Waals surface area contributed by atoms with E-state index in [-0.39, 0.29) is 11.7 Å². The molecule has 26 heavy (non-hydrogen) atoms. The average Bonchev–Trinajstić information content (AvgIpc) is 3.04. The number of amides is 1. The lowest BCUT2D eigenvalue weighted by atomic mass is 9.99. The fourth-order valence-corrected chi connectivity index (χ4v) is 3.84. The summed E-state index contributed by atoms with van der Waals surface area (Å²) < 4.78 is 1.94. The van der Waals surface area contributed by atoms with Crippen LogP contribution in [0.4, 0.5) is 0 Å². The molecular formula is C19H24N4O2S. The van der Waals surface area contributed by atoms with Gasteiger partial charge in [0.2, 0.25) is 5.91 Å². The van der Waals surface area contributed by atoms with Crippen molar-refractivity contribution >= 4 is 17.7 Å². The van der Waals surface area contributed by atoms with E-state index >= 15 is 0 Å². The first-order valence-electron chi connectivity index (χ1n) is 8.82. The van der Waals surface area contributed by atoms with Crippen LogP contribution >= 0.6 is 11.8 Å². The molecular weight excluding hydrogens is 348 g/mol. The molecule has 6 nitrogen and oxygen atoms in total. The summed E-state index contributed by atoms with van der Waals surface area (Å²) in [7, 11) is 0. The van der Waals surface area contributed by atoms with Gasteiger partial charge in [0.05, 0.1) is 5.75 Å². The molecule has 1 aliphatic rings. The number of nitrogens with zero attached hydrogens (tertiary/aromatic N) is 4. The lowest BCUT2D eigenvalue weighted by Crippen LogP contribution is -2.38. The second-order valence-corrected chi connectivity index (χ2v) is 7.55. The summed E-state index contributed by atoms with van der Waals surface area (Å²) in [6.45, 7) is 8.28. The molecule has 1 aromatic carbocycles. The van der Waals surface area contributed by atoms with Crippen molar-refractivity contribution in [3.63, 3.8) is 0 Å². The number of phenolic OH excluding ortho intramolecular Hbond substituents is 1. The SMILES string of the molecule is C=CCn1c(SCC(=O)N2CCC(C)CC2)nnc1-c1ccc(O)cc1. The highest BCUT2D eigenvalue weighted by Gasteiger charge is 2.21.